The Balaban J connectivity index is 2.31. The van der Waals surface area contributed by atoms with Gasteiger partial charge in [-0.2, -0.15) is 5.26 Å². The maximum Gasteiger partial charge on any atom is 0.280 e. The molecule has 11 heavy (non-hydrogen) atoms. The molecule has 0 saturated carbocycles. The highest BCUT2D eigenvalue weighted by Gasteiger charge is 2.21. The molecule has 4 nitrogen and oxygen atoms in total. The molecular formula is C6H8IN3O. The first-order valence-corrected chi connectivity index (χ1v) is 4.41. The van der Waals surface area contributed by atoms with Crippen molar-refractivity contribution in [2.24, 2.45) is 0 Å². The molecule has 5 heteroatoms. The van der Waals surface area contributed by atoms with Crippen molar-refractivity contribution in [3.8, 4) is 6.19 Å². The van der Waals surface area contributed by atoms with Crippen molar-refractivity contribution in [3.05, 3.63) is 0 Å². The van der Waals surface area contributed by atoms with Gasteiger partial charge < -0.3 is 10.2 Å². The van der Waals surface area contributed by atoms with Crippen molar-refractivity contribution < 1.29 is 4.79 Å². The smallest absolute Gasteiger partial charge is 0.280 e. The SMILES string of the molecule is N#CN1CC[C@H](NC(=O)I)C1. The molecule has 0 radical (unpaired) electrons. The fourth-order valence-corrected chi connectivity index (χ4v) is 1.57. The maximum absolute atomic E-state index is 10.6. The molecule has 0 bridgehead atoms. The highest BCUT2D eigenvalue weighted by Crippen LogP contribution is 2.07. The van der Waals surface area contributed by atoms with E-state index in [4.69, 9.17) is 5.26 Å². The molecule has 1 N–H and O–H groups in total. The van der Waals surface area contributed by atoms with Crippen LogP contribution in [-0.2, 0) is 0 Å². The third-order valence-electron chi connectivity index (χ3n) is 1.65. The monoisotopic (exact) mass is 265 g/mol. The van der Waals surface area contributed by atoms with E-state index >= 15 is 0 Å². The molecule has 0 aromatic heterocycles. The zero-order chi connectivity index (χ0) is 8.27. The summed E-state index contributed by atoms with van der Waals surface area (Å²) in [5.74, 6) is 0. The van der Waals surface area contributed by atoms with Gasteiger partial charge in [0.15, 0.2) is 6.19 Å². The molecule has 0 aromatic carbocycles. The first-order chi connectivity index (χ1) is 5.22. The number of nitriles is 1. The largest absolute Gasteiger partial charge is 0.343 e. The van der Waals surface area contributed by atoms with E-state index in [-0.39, 0.29) is 9.96 Å². The van der Waals surface area contributed by atoms with E-state index in [0.717, 1.165) is 13.0 Å². The third kappa shape index (κ3) is 2.54. The fourth-order valence-electron chi connectivity index (χ4n) is 1.13. The van der Waals surface area contributed by atoms with Crippen LogP contribution in [0.4, 0.5) is 4.79 Å². The number of carbonyl (C=O) groups is 1. The van der Waals surface area contributed by atoms with Crippen molar-refractivity contribution in [2.45, 2.75) is 12.5 Å². The number of amides is 1. The van der Waals surface area contributed by atoms with E-state index in [2.05, 4.69) is 5.32 Å². The van der Waals surface area contributed by atoms with Crippen LogP contribution in [0, 0.1) is 11.5 Å². The van der Waals surface area contributed by atoms with E-state index in [0.29, 0.717) is 6.54 Å². The summed E-state index contributed by atoms with van der Waals surface area (Å²) in [7, 11) is 0. The maximum atomic E-state index is 10.6. The van der Waals surface area contributed by atoms with Crippen LogP contribution in [-0.4, -0.2) is 27.9 Å². The number of halogens is 1. The van der Waals surface area contributed by atoms with E-state index in [1.165, 1.54) is 0 Å². The Morgan fingerprint density at radius 2 is 2.55 bits per heavy atom. The summed E-state index contributed by atoms with van der Waals surface area (Å²) >= 11 is 1.70. The van der Waals surface area contributed by atoms with Crippen LogP contribution in [0.1, 0.15) is 6.42 Å². The molecule has 1 atom stereocenters. The van der Waals surface area contributed by atoms with E-state index in [1.807, 2.05) is 6.19 Å². The van der Waals surface area contributed by atoms with Crippen molar-refractivity contribution in [2.75, 3.05) is 13.1 Å². The van der Waals surface area contributed by atoms with Gasteiger partial charge in [0.2, 0.25) is 0 Å². The second kappa shape index (κ2) is 3.76. The van der Waals surface area contributed by atoms with Crippen molar-refractivity contribution >= 4 is 26.5 Å². The standard InChI is InChI=1S/C6H8IN3O/c7-6(11)9-5-1-2-10(3-5)4-8/h5H,1-3H2,(H,9,11)/t5-/m0/s1. The summed E-state index contributed by atoms with van der Waals surface area (Å²) < 4.78 is -0.0487. The summed E-state index contributed by atoms with van der Waals surface area (Å²) in [6, 6.07) is 0.166. The Kier molecular flexibility index (Phi) is 2.93. The quantitative estimate of drug-likeness (QED) is 0.328. The minimum absolute atomic E-state index is 0.0487. The molecule has 1 rings (SSSR count). The van der Waals surface area contributed by atoms with Gasteiger partial charge in [-0.1, -0.05) is 0 Å². The highest BCUT2D eigenvalue weighted by atomic mass is 127. The van der Waals surface area contributed by atoms with E-state index in [9.17, 15) is 4.79 Å². The predicted molar refractivity (Wildman–Crippen MR) is 48.1 cm³/mol. The van der Waals surface area contributed by atoms with Crippen LogP contribution in [0.2, 0.25) is 0 Å². The number of nitrogens with one attached hydrogen (secondary N) is 1. The van der Waals surface area contributed by atoms with Crippen LogP contribution < -0.4 is 5.32 Å². The Labute approximate surface area is 78.7 Å². The zero-order valence-corrected chi connectivity index (χ0v) is 8.04. The average molecular weight is 265 g/mol. The fraction of sp³-hybridized carbons (Fsp3) is 0.667. The summed E-state index contributed by atoms with van der Waals surface area (Å²) in [5, 5.41) is 11.2. The van der Waals surface area contributed by atoms with Gasteiger partial charge in [0.05, 0.1) is 0 Å². The van der Waals surface area contributed by atoms with Gasteiger partial charge in [-0.3, -0.25) is 4.79 Å². The van der Waals surface area contributed by atoms with Gasteiger partial charge >= 0.3 is 0 Å². The Bertz CT molecular complexity index is 200. The van der Waals surface area contributed by atoms with Gasteiger partial charge in [0, 0.05) is 41.7 Å². The normalized spacial score (nSPS) is 22.9. The molecule has 1 fully saturated rings. The molecule has 1 aliphatic rings. The second-order valence-corrected chi connectivity index (χ2v) is 3.43. The number of likely N-dealkylation sites (tertiary alicyclic amines) is 1. The number of hydrogen-bond donors (Lipinski definition) is 1. The summed E-state index contributed by atoms with van der Waals surface area (Å²) in [4.78, 5) is 12.2. The molecule has 0 unspecified atom stereocenters. The lowest BCUT2D eigenvalue weighted by Crippen LogP contribution is -2.32. The Morgan fingerprint density at radius 3 is 3.00 bits per heavy atom. The Morgan fingerprint density at radius 1 is 1.82 bits per heavy atom. The third-order valence-corrected chi connectivity index (χ3v) is 1.96. The first-order valence-electron chi connectivity index (χ1n) is 3.33. The number of hydrogen-bond acceptors (Lipinski definition) is 3. The molecule has 1 heterocycles. The molecule has 1 saturated heterocycles. The first kappa shape index (κ1) is 8.59. The van der Waals surface area contributed by atoms with Gasteiger partial charge in [-0.05, 0) is 6.42 Å². The molecule has 0 aliphatic carbocycles. The lowest BCUT2D eigenvalue weighted by Gasteiger charge is -2.08. The van der Waals surface area contributed by atoms with Crippen LogP contribution in [0.25, 0.3) is 0 Å². The van der Waals surface area contributed by atoms with Gasteiger partial charge in [-0.25, -0.2) is 0 Å². The second-order valence-electron chi connectivity index (χ2n) is 2.45. The lowest BCUT2D eigenvalue weighted by molar-refractivity contribution is 0.260. The minimum atomic E-state index is -0.0487. The highest BCUT2D eigenvalue weighted by molar-refractivity contribution is 14.1. The topological polar surface area (TPSA) is 56.1 Å². The molecule has 0 spiro atoms. The summed E-state index contributed by atoms with van der Waals surface area (Å²) in [6.07, 6.45) is 2.92. The molecule has 60 valence electrons. The van der Waals surface area contributed by atoms with Crippen LogP contribution >= 0.6 is 22.6 Å². The minimum Gasteiger partial charge on any atom is -0.343 e. The lowest BCUT2D eigenvalue weighted by atomic mass is 10.3. The van der Waals surface area contributed by atoms with E-state index in [1.54, 1.807) is 27.5 Å². The number of carbonyl (C=O) groups excluding carboxylic acids is 1. The number of rotatable bonds is 1. The van der Waals surface area contributed by atoms with Crippen molar-refractivity contribution in [1.82, 2.24) is 10.2 Å². The average Bonchev–Trinajstić information content (AvgIpc) is 2.34. The molecular weight excluding hydrogens is 257 g/mol. The number of nitrogens with zero attached hydrogens (tertiary/aromatic N) is 2. The van der Waals surface area contributed by atoms with Gasteiger partial charge in [0.1, 0.15) is 0 Å². The summed E-state index contributed by atoms with van der Waals surface area (Å²) in [5.41, 5.74) is 0. The zero-order valence-electron chi connectivity index (χ0n) is 5.88. The molecule has 1 amide bonds. The van der Waals surface area contributed by atoms with Crippen molar-refractivity contribution in [3.63, 3.8) is 0 Å². The van der Waals surface area contributed by atoms with E-state index < -0.39 is 0 Å². The molecule has 1 aliphatic heterocycles. The van der Waals surface area contributed by atoms with Crippen LogP contribution in [0.3, 0.4) is 0 Å². The summed E-state index contributed by atoms with van der Waals surface area (Å²) in [6.45, 7) is 1.42. The van der Waals surface area contributed by atoms with Gasteiger partial charge in [-0.15, -0.1) is 0 Å². The van der Waals surface area contributed by atoms with Crippen molar-refractivity contribution in [1.29, 1.82) is 5.26 Å². The van der Waals surface area contributed by atoms with Crippen LogP contribution in [0.5, 0.6) is 0 Å². The van der Waals surface area contributed by atoms with Gasteiger partial charge in [0.25, 0.3) is 3.91 Å². The Hall–Kier alpha value is -0.510. The molecule has 0 aromatic rings. The van der Waals surface area contributed by atoms with Crippen LogP contribution in [0.15, 0.2) is 0 Å². The predicted octanol–water partition coefficient (Wildman–Crippen LogP) is 0.686.